The molecule has 0 radical (unpaired) electrons. The fraction of sp³-hybridized carbons (Fsp3) is 0.562. The highest BCUT2D eigenvalue weighted by atomic mass is 16.5. The molecule has 0 aromatic heterocycles. The quantitative estimate of drug-likeness (QED) is 0.595. The zero-order valence-electron chi connectivity index (χ0n) is 13.1. The summed E-state index contributed by atoms with van der Waals surface area (Å²) in [5, 5.41) is 6.44. The third kappa shape index (κ3) is 5.95. The molecule has 0 aliphatic carbocycles. The van der Waals surface area contributed by atoms with Gasteiger partial charge in [0.1, 0.15) is 5.75 Å². The maximum atomic E-state index is 5.84. The van der Waals surface area contributed by atoms with Crippen LogP contribution in [0.1, 0.15) is 33.3 Å². The summed E-state index contributed by atoms with van der Waals surface area (Å²) in [5.74, 6) is 2.29. The number of rotatable bonds is 7. The van der Waals surface area contributed by atoms with Gasteiger partial charge in [-0.2, -0.15) is 0 Å². The van der Waals surface area contributed by atoms with E-state index >= 15 is 0 Å². The summed E-state index contributed by atoms with van der Waals surface area (Å²) in [5.41, 5.74) is 1.11. The molecule has 0 atom stereocenters. The lowest BCUT2D eigenvalue weighted by Gasteiger charge is -2.13. The van der Waals surface area contributed by atoms with E-state index in [1.807, 2.05) is 18.2 Å². The molecule has 0 aliphatic heterocycles. The summed E-state index contributed by atoms with van der Waals surface area (Å²) >= 11 is 0. The second kappa shape index (κ2) is 9.23. The molecule has 1 aromatic carbocycles. The highest BCUT2D eigenvalue weighted by Gasteiger charge is 2.04. The smallest absolute Gasteiger partial charge is 0.191 e. The molecule has 20 heavy (non-hydrogen) atoms. The van der Waals surface area contributed by atoms with Crippen LogP contribution in [-0.4, -0.2) is 25.7 Å². The average Bonchev–Trinajstić information content (AvgIpc) is 2.44. The summed E-state index contributed by atoms with van der Waals surface area (Å²) in [4.78, 5) is 4.58. The first-order valence-electron chi connectivity index (χ1n) is 7.40. The first-order valence-corrected chi connectivity index (χ1v) is 7.40. The molecule has 0 saturated carbocycles. The molecule has 4 heteroatoms. The van der Waals surface area contributed by atoms with Crippen LogP contribution in [0.5, 0.6) is 5.75 Å². The van der Waals surface area contributed by atoms with Crippen LogP contribution in [0.2, 0.25) is 0 Å². The molecular weight excluding hydrogens is 250 g/mol. The summed E-state index contributed by atoms with van der Waals surface area (Å²) in [6.07, 6.45) is 0. The van der Waals surface area contributed by atoms with Crippen LogP contribution in [0.15, 0.2) is 29.3 Å². The highest BCUT2D eigenvalue weighted by Crippen LogP contribution is 2.19. The van der Waals surface area contributed by atoms with Gasteiger partial charge in [0, 0.05) is 18.7 Å². The Labute approximate surface area is 122 Å². The molecule has 0 amide bonds. The summed E-state index contributed by atoms with van der Waals surface area (Å²) in [7, 11) is 0. The topological polar surface area (TPSA) is 45.7 Å². The molecular formula is C16H27N3O. The SMILES string of the molecule is CCNC(=NCc1ccccc1OCC(C)C)NCC. The second-order valence-electron chi connectivity index (χ2n) is 5.04. The molecule has 2 N–H and O–H groups in total. The van der Waals surface area contributed by atoms with Crippen LogP contribution in [-0.2, 0) is 6.54 Å². The Kier molecular flexibility index (Phi) is 7.55. The molecule has 0 saturated heterocycles. The maximum absolute atomic E-state index is 5.84. The summed E-state index contributed by atoms with van der Waals surface area (Å²) in [6, 6.07) is 8.09. The van der Waals surface area contributed by atoms with Crippen molar-refractivity contribution >= 4 is 5.96 Å². The van der Waals surface area contributed by atoms with E-state index in [0.717, 1.165) is 37.0 Å². The molecule has 0 unspecified atom stereocenters. The Balaban J connectivity index is 2.72. The largest absolute Gasteiger partial charge is 0.493 e. The van der Waals surface area contributed by atoms with E-state index in [1.54, 1.807) is 0 Å². The fourth-order valence-electron chi connectivity index (χ4n) is 1.71. The monoisotopic (exact) mass is 277 g/mol. The van der Waals surface area contributed by atoms with Gasteiger partial charge in [-0.25, -0.2) is 4.99 Å². The van der Waals surface area contributed by atoms with Crippen molar-refractivity contribution in [1.29, 1.82) is 0 Å². The minimum Gasteiger partial charge on any atom is -0.493 e. The van der Waals surface area contributed by atoms with Crippen molar-refractivity contribution in [3.63, 3.8) is 0 Å². The number of benzene rings is 1. The van der Waals surface area contributed by atoms with Gasteiger partial charge in [-0.3, -0.25) is 0 Å². The third-order valence-corrected chi connectivity index (χ3v) is 2.64. The van der Waals surface area contributed by atoms with E-state index in [4.69, 9.17) is 4.74 Å². The molecule has 1 aromatic rings. The van der Waals surface area contributed by atoms with Crippen LogP contribution < -0.4 is 15.4 Å². The van der Waals surface area contributed by atoms with Crippen molar-refractivity contribution < 1.29 is 4.74 Å². The van der Waals surface area contributed by atoms with Gasteiger partial charge in [-0.15, -0.1) is 0 Å². The van der Waals surface area contributed by atoms with Gasteiger partial charge in [0.15, 0.2) is 5.96 Å². The van der Waals surface area contributed by atoms with Gasteiger partial charge in [-0.1, -0.05) is 32.0 Å². The average molecular weight is 277 g/mol. The van der Waals surface area contributed by atoms with E-state index < -0.39 is 0 Å². The number of nitrogens with one attached hydrogen (secondary N) is 2. The van der Waals surface area contributed by atoms with Crippen LogP contribution in [0.25, 0.3) is 0 Å². The van der Waals surface area contributed by atoms with Gasteiger partial charge in [0.2, 0.25) is 0 Å². The Morgan fingerprint density at radius 3 is 2.40 bits per heavy atom. The van der Waals surface area contributed by atoms with Crippen LogP contribution >= 0.6 is 0 Å². The second-order valence-corrected chi connectivity index (χ2v) is 5.04. The Bertz CT molecular complexity index is 408. The minimum atomic E-state index is 0.519. The Morgan fingerprint density at radius 1 is 1.15 bits per heavy atom. The fourth-order valence-corrected chi connectivity index (χ4v) is 1.71. The lowest BCUT2D eigenvalue weighted by atomic mass is 10.2. The molecule has 0 bridgehead atoms. The highest BCUT2D eigenvalue weighted by molar-refractivity contribution is 5.79. The van der Waals surface area contributed by atoms with Crippen LogP contribution in [0.3, 0.4) is 0 Å². The summed E-state index contributed by atoms with van der Waals surface area (Å²) in [6.45, 7) is 11.5. The van der Waals surface area contributed by atoms with Crippen molar-refractivity contribution in [2.24, 2.45) is 10.9 Å². The lowest BCUT2D eigenvalue weighted by molar-refractivity contribution is 0.268. The predicted octanol–water partition coefficient (Wildman–Crippen LogP) is 2.80. The molecule has 0 fully saturated rings. The predicted molar refractivity (Wildman–Crippen MR) is 85.3 cm³/mol. The van der Waals surface area contributed by atoms with Gasteiger partial charge < -0.3 is 15.4 Å². The number of nitrogens with zero attached hydrogens (tertiary/aromatic N) is 1. The van der Waals surface area contributed by atoms with Gasteiger partial charge in [0.25, 0.3) is 0 Å². The number of guanidine groups is 1. The number of ether oxygens (including phenoxy) is 1. The molecule has 0 spiro atoms. The Morgan fingerprint density at radius 2 is 1.80 bits per heavy atom. The van der Waals surface area contributed by atoms with Crippen molar-refractivity contribution in [1.82, 2.24) is 10.6 Å². The number of para-hydroxylation sites is 1. The van der Waals surface area contributed by atoms with Crippen LogP contribution in [0.4, 0.5) is 0 Å². The summed E-state index contributed by atoms with van der Waals surface area (Å²) < 4.78 is 5.84. The zero-order valence-corrected chi connectivity index (χ0v) is 13.1. The Hall–Kier alpha value is -1.71. The standard InChI is InChI=1S/C16H27N3O/c1-5-17-16(18-6-2)19-11-14-9-7-8-10-15(14)20-12-13(3)4/h7-10,13H,5-6,11-12H2,1-4H3,(H2,17,18,19). The number of aliphatic imine (C=N–C) groups is 1. The zero-order chi connectivity index (χ0) is 14.8. The first kappa shape index (κ1) is 16.3. The molecule has 1 rings (SSSR count). The first-order chi connectivity index (χ1) is 9.67. The number of hydrogen-bond donors (Lipinski definition) is 2. The number of hydrogen-bond acceptors (Lipinski definition) is 2. The van der Waals surface area contributed by atoms with E-state index in [1.165, 1.54) is 0 Å². The molecule has 4 nitrogen and oxygen atoms in total. The van der Waals surface area contributed by atoms with E-state index in [-0.39, 0.29) is 0 Å². The van der Waals surface area contributed by atoms with E-state index in [9.17, 15) is 0 Å². The molecule has 112 valence electrons. The van der Waals surface area contributed by atoms with Gasteiger partial charge >= 0.3 is 0 Å². The van der Waals surface area contributed by atoms with Crippen molar-refractivity contribution in [2.75, 3.05) is 19.7 Å². The maximum Gasteiger partial charge on any atom is 0.191 e. The lowest BCUT2D eigenvalue weighted by Crippen LogP contribution is -2.36. The third-order valence-electron chi connectivity index (χ3n) is 2.64. The van der Waals surface area contributed by atoms with E-state index in [2.05, 4.69) is 49.4 Å². The molecule has 0 heterocycles. The van der Waals surface area contributed by atoms with Crippen LogP contribution in [0, 0.1) is 5.92 Å². The van der Waals surface area contributed by atoms with Crippen molar-refractivity contribution in [3.8, 4) is 5.75 Å². The normalized spacial score (nSPS) is 10.2. The van der Waals surface area contributed by atoms with Gasteiger partial charge in [0.05, 0.1) is 13.2 Å². The van der Waals surface area contributed by atoms with Crippen molar-refractivity contribution in [2.45, 2.75) is 34.2 Å². The minimum absolute atomic E-state index is 0.519. The van der Waals surface area contributed by atoms with Crippen molar-refractivity contribution in [3.05, 3.63) is 29.8 Å². The molecule has 0 aliphatic rings. The van der Waals surface area contributed by atoms with Gasteiger partial charge in [-0.05, 0) is 25.8 Å². The van der Waals surface area contributed by atoms with E-state index in [0.29, 0.717) is 12.5 Å².